The van der Waals surface area contributed by atoms with Crippen molar-refractivity contribution in [2.45, 2.75) is 25.8 Å². The molecule has 0 spiro atoms. The quantitative estimate of drug-likeness (QED) is 0.737. The number of rotatable bonds is 4. The number of aromatic nitrogens is 3. The number of halogens is 1. The second-order valence-corrected chi connectivity index (χ2v) is 6.92. The van der Waals surface area contributed by atoms with E-state index in [4.69, 9.17) is 16.6 Å². The molecule has 0 bridgehead atoms. The maximum absolute atomic E-state index is 6.40. The van der Waals surface area contributed by atoms with Crippen LogP contribution < -0.4 is 5.32 Å². The van der Waals surface area contributed by atoms with Gasteiger partial charge in [0.05, 0.1) is 16.9 Å². The fourth-order valence-corrected chi connectivity index (χ4v) is 3.73. The summed E-state index contributed by atoms with van der Waals surface area (Å²) in [5.41, 5.74) is 2.84. The third kappa shape index (κ3) is 3.34. The van der Waals surface area contributed by atoms with Crippen molar-refractivity contribution in [1.82, 2.24) is 19.9 Å². The van der Waals surface area contributed by atoms with Crippen LogP contribution in [0.1, 0.15) is 19.8 Å². The highest BCUT2D eigenvalue weighted by Crippen LogP contribution is 2.32. The Morgan fingerprint density at radius 1 is 1.36 bits per heavy atom. The summed E-state index contributed by atoms with van der Waals surface area (Å²) in [5, 5.41) is 5.17. The molecular formula is C19H22ClN5. The number of para-hydroxylation sites is 1. The molecule has 1 atom stereocenters. The topological polar surface area (TPSA) is 56.8 Å². The molecule has 25 heavy (non-hydrogen) atoms. The molecule has 1 saturated heterocycles. The van der Waals surface area contributed by atoms with Gasteiger partial charge in [0.2, 0.25) is 5.95 Å². The van der Waals surface area contributed by atoms with Gasteiger partial charge >= 0.3 is 0 Å². The van der Waals surface area contributed by atoms with E-state index < -0.39 is 0 Å². The van der Waals surface area contributed by atoms with Gasteiger partial charge in [-0.3, -0.25) is 0 Å². The van der Waals surface area contributed by atoms with Crippen molar-refractivity contribution in [3.63, 3.8) is 0 Å². The lowest BCUT2D eigenvalue weighted by atomic mass is 10.1. The van der Waals surface area contributed by atoms with E-state index in [2.05, 4.69) is 39.2 Å². The molecule has 130 valence electrons. The molecule has 1 aliphatic rings. The lowest BCUT2D eigenvalue weighted by molar-refractivity contribution is 0.226. The number of likely N-dealkylation sites (tertiary alicyclic amines) is 1. The molecule has 0 amide bonds. The van der Waals surface area contributed by atoms with Crippen LogP contribution in [0.15, 0.2) is 36.7 Å². The number of nitrogens with one attached hydrogen (secondary N) is 2. The number of H-pyrrole nitrogens is 1. The van der Waals surface area contributed by atoms with Gasteiger partial charge in [0.15, 0.2) is 0 Å². The highest BCUT2D eigenvalue weighted by Gasteiger charge is 2.20. The van der Waals surface area contributed by atoms with Crippen molar-refractivity contribution >= 4 is 28.5 Å². The van der Waals surface area contributed by atoms with E-state index in [1.54, 1.807) is 6.20 Å². The Bertz CT molecular complexity index is 875. The summed E-state index contributed by atoms with van der Waals surface area (Å²) in [6.07, 6.45) is 6.00. The fraction of sp³-hybridized carbons (Fsp3) is 0.368. The van der Waals surface area contributed by atoms with Gasteiger partial charge in [-0.2, -0.15) is 0 Å². The zero-order chi connectivity index (χ0) is 17.2. The third-order valence-corrected chi connectivity index (χ3v) is 5.15. The lowest BCUT2D eigenvalue weighted by Gasteiger charge is -2.32. The first kappa shape index (κ1) is 16.4. The Morgan fingerprint density at radius 2 is 2.24 bits per heavy atom. The molecule has 1 unspecified atom stereocenters. The van der Waals surface area contributed by atoms with Crippen molar-refractivity contribution in [3.05, 3.63) is 41.7 Å². The van der Waals surface area contributed by atoms with E-state index in [1.807, 2.05) is 18.3 Å². The maximum atomic E-state index is 6.40. The second kappa shape index (κ2) is 7.02. The minimum atomic E-state index is 0.380. The van der Waals surface area contributed by atoms with Gasteiger partial charge in [-0.25, -0.2) is 9.97 Å². The van der Waals surface area contributed by atoms with Crippen LogP contribution in [0.5, 0.6) is 0 Å². The number of piperidine rings is 1. The number of benzene rings is 1. The van der Waals surface area contributed by atoms with E-state index in [0.29, 0.717) is 17.0 Å². The van der Waals surface area contributed by atoms with Gasteiger partial charge < -0.3 is 15.2 Å². The Balaban J connectivity index is 1.63. The normalized spacial score (nSPS) is 18.6. The summed E-state index contributed by atoms with van der Waals surface area (Å²) in [7, 11) is 0. The molecule has 0 radical (unpaired) electrons. The van der Waals surface area contributed by atoms with E-state index in [0.717, 1.165) is 41.7 Å². The summed E-state index contributed by atoms with van der Waals surface area (Å²) in [4.78, 5) is 14.8. The third-order valence-electron chi connectivity index (χ3n) is 4.87. The summed E-state index contributed by atoms with van der Waals surface area (Å²) in [6, 6.07) is 8.54. The number of fused-ring (bicyclic) bond motifs is 1. The van der Waals surface area contributed by atoms with E-state index in [1.165, 1.54) is 13.0 Å². The monoisotopic (exact) mass is 355 g/mol. The van der Waals surface area contributed by atoms with E-state index >= 15 is 0 Å². The first-order valence-electron chi connectivity index (χ1n) is 8.82. The lowest BCUT2D eigenvalue weighted by Crippen LogP contribution is -2.42. The van der Waals surface area contributed by atoms with Gasteiger partial charge in [-0.1, -0.05) is 36.7 Å². The maximum Gasteiger partial charge on any atom is 0.223 e. The van der Waals surface area contributed by atoms with Crippen LogP contribution in [0.25, 0.3) is 22.2 Å². The molecule has 1 fully saturated rings. The minimum absolute atomic E-state index is 0.380. The zero-order valence-corrected chi connectivity index (χ0v) is 15.1. The summed E-state index contributed by atoms with van der Waals surface area (Å²) in [6.45, 7) is 5.50. The SMILES string of the molecule is CCN1CCCC(Nc2ncc(Cl)c(-c3c[nH]c4ccccc34)n2)C1. The van der Waals surface area contributed by atoms with E-state index in [-0.39, 0.29) is 0 Å². The summed E-state index contributed by atoms with van der Waals surface area (Å²) < 4.78 is 0. The van der Waals surface area contributed by atoms with Gasteiger partial charge in [0, 0.05) is 35.2 Å². The molecule has 0 aliphatic carbocycles. The van der Waals surface area contributed by atoms with Crippen molar-refractivity contribution in [2.24, 2.45) is 0 Å². The molecule has 6 heteroatoms. The van der Waals surface area contributed by atoms with Crippen LogP contribution in [0.2, 0.25) is 5.02 Å². The zero-order valence-electron chi connectivity index (χ0n) is 14.3. The standard InChI is InChI=1S/C19H22ClN5/c1-2-25-9-5-6-13(12-25)23-19-22-11-16(20)18(24-19)15-10-21-17-8-4-3-7-14(15)17/h3-4,7-8,10-11,13,21H,2,5-6,9,12H2,1H3,(H,22,23,24). The molecule has 2 aromatic heterocycles. The fourth-order valence-electron chi connectivity index (χ4n) is 3.54. The van der Waals surface area contributed by atoms with Crippen LogP contribution in [0.4, 0.5) is 5.95 Å². The molecule has 1 aromatic carbocycles. The van der Waals surface area contributed by atoms with Crippen molar-refractivity contribution in [1.29, 1.82) is 0 Å². The number of hydrogen-bond donors (Lipinski definition) is 2. The number of nitrogens with zero attached hydrogens (tertiary/aromatic N) is 3. The van der Waals surface area contributed by atoms with Gasteiger partial charge in [0.1, 0.15) is 0 Å². The second-order valence-electron chi connectivity index (χ2n) is 6.51. The number of aromatic amines is 1. The molecular weight excluding hydrogens is 334 g/mol. The summed E-state index contributed by atoms with van der Waals surface area (Å²) in [5.74, 6) is 0.646. The van der Waals surface area contributed by atoms with Gasteiger partial charge in [0.25, 0.3) is 0 Å². The number of anilines is 1. The van der Waals surface area contributed by atoms with Crippen molar-refractivity contribution < 1.29 is 0 Å². The molecule has 3 heterocycles. The Labute approximate surface area is 152 Å². The highest BCUT2D eigenvalue weighted by molar-refractivity contribution is 6.33. The average Bonchev–Trinajstić information content (AvgIpc) is 3.07. The molecule has 4 rings (SSSR count). The molecule has 5 nitrogen and oxygen atoms in total. The van der Waals surface area contributed by atoms with Crippen LogP contribution in [0.3, 0.4) is 0 Å². The first-order chi connectivity index (χ1) is 12.2. The Morgan fingerprint density at radius 3 is 3.12 bits per heavy atom. The molecule has 2 N–H and O–H groups in total. The van der Waals surface area contributed by atoms with E-state index in [9.17, 15) is 0 Å². The number of likely N-dealkylation sites (N-methyl/N-ethyl adjacent to an activating group) is 1. The van der Waals surface area contributed by atoms with Crippen LogP contribution in [-0.2, 0) is 0 Å². The van der Waals surface area contributed by atoms with Crippen LogP contribution in [-0.4, -0.2) is 45.5 Å². The van der Waals surface area contributed by atoms with Crippen molar-refractivity contribution in [2.75, 3.05) is 25.0 Å². The molecule has 1 aliphatic heterocycles. The molecule has 0 saturated carbocycles. The largest absolute Gasteiger partial charge is 0.360 e. The summed E-state index contributed by atoms with van der Waals surface area (Å²) >= 11 is 6.40. The smallest absolute Gasteiger partial charge is 0.223 e. The predicted molar refractivity (Wildman–Crippen MR) is 103 cm³/mol. The van der Waals surface area contributed by atoms with Crippen molar-refractivity contribution in [3.8, 4) is 11.3 Å². The van der Waals surface area contributed by atoms with Crippen LogP contribution in [0, 0.1) is 0 Å². The molecule has 3 aromatic rings. The average molecular weight is 356 g/mol. The van der Waals surface area contributed by atoms with Crippen LogP contribution >= 0.6 is 11.6 Å². The van der Waals surface area contributed by atoms with Gasteiger partial charge in [-0.15, -0.1) is 0 Å². The predicted octanol–water partition coefficient (Wildman–Crippen LogP) is 4.17. The van der Waals surface area contributed by atoms with Gasteiger partial charge in [-0.05, 0) is 32.0 Å². The first-order valence-corrected chi connectivity index (χ1v) is 9.20. The minimum Gasteiger partial charge on any atom is -0.360 e. The highest BCUT2D eigenvalue weighted by atomic mass is 35.5. The Hall–Kier alpha value is -2.11. The number of hydrogen-bond acceptors (Lipinski definition) is 4. The Kier molecular flexibility index (Phi) is 4.59.